The Labute approximate surface area is 53.2 Å². The average Bonchev–Trinajstić information content (AvgIpc) is 2.19. The molecule has 1 aliphatic heterocycles. The molecule has 0 atom stereocenters. The summed E-state index contributed by atoms with van der Waals surface area (Å²) in [6.07, 6.45) is 0. The van der Waals surface area contributed by atoms with Gasteiger partial charge in [0.25, 0.3) is 0 Å². The third kappa shape index (κ3) is 68.7. The standard InChI is InChI=1S/C2H4N.2H2N.O.Zn/c1-2-3-1;;;;/h1-2H2;2*1H2;;/q3*-1;;. The number of nitrogens with zero attached hydrogens (tertiary/aromatic N) is 1. The van der Waals surface area contributed by atoms with Crippen molar-refractivity contribution in [3.8, 4) is 0 Å². The molecule has 1 aliphatic rings. The predicted octanol–water partition coefficient (Wildman–Crippen LogP) is 1.69. The summed E-state index contributed by atoms with van der Waals surface area (Å²) >= 11 is 0.125. The Kier molecular flexibility index (Phi) is 36.4. The van der Waals surface area contributed by atoms with Gasteiger partial charge in [0.1, 0.15) is 0 Å². The zero-order valence-electron chi connectivity index (χ0n) is 4.13. The maximum absolute atomic E-state index is 8.38. The SMILES string of the molecule is C1C[N-]1.[NH2-].[NH2-].[O]=[Zn]. The second-order valence-corrected chi connectivity index (χ2v) is 0.671. The topological polar surface area (TPSA) is 98.2 Å². The van der Waals surface area contributed by atoms with Gasteiger partial charge in [-0.05, 0) is 0 Å². The molecule has 0 aromatic carbocycles. The van der Waals surface area contributed by atoms with Crippen molar-refractivity contribution in [2.45, 2.75) is 0 Å². The summed E-state index contributed by atoms with van der Waals surface area (Å²) in [6.45, 7) is 2.25. The van der Waals surface area contributed by atoms with Gasteiger partial charge in [0, 0.05) is 0 Å². The third-order valence-electron chi connectivity index (χ3n) is 0.224. The Morgan fingerprint density at radius 1 is 1.14 bits per heavy atom. The molecule has 1 heterocycles. The van der Waals surface area contributed by atoms with Crippen molar-refractivity contribution in [1.29, 1.82) is 0 Å². The van der Waals surface area contributed by atoms with Crippen molar-refractivity contribution in [3.63, 3.8) is 0 Å². The van der Waals surface area contributed by atoms with Gasteiger partial charge in [-0.1, -0.05) is 0 Å². The average molecular weight is 155 g/mol. The molecular formula is C2H8N3OZn-3. The maximum atomic E-state index is 8.38. The van der Waals surface area contributed by atoms with Crippen molar-refractivity contribution >= 4 is 0 Å². The van der Waals surface area contributed by atoms with Crippen molar-refractivity contribution in [2.75, 3.05) is 13.1 Å². The van der Waals surface area contributed by atoms with Gasteiger partial charge >= 0.3 is 21.8 Å². The van der Waals surface area contributed by atoms with E-state index >= 15 is 0 Å². The van der Waals surface area contributed by atoms with Crippen LogP contribution >= 0.6 is 0 Å². The summed E-state index contributed by atoms with van der Waals surface area (Å²) in [5.41, 5.74) is 0. The molecule has 0 unspecified atom stereocenters. The Hall–Kier alpha value is 0.303. The molecule has 0 aliphatic carbocycles. The predicted molar refractivity (Wildman–Crippen MR) is 24.3 cm³/mol. The van der Waals surface area contributed by atoms with Crippen LogP contribution in [0.2, 0.25) is 0 Å². The monoisotopic (exact) mass is 154 g/mol. The molecule has 4 nitrogen and oxygen atoms in total. The molecule has 1 rings (SSSR count). The number of hydrogen-bond donors (Lipinski definition) is 0. The Morgan fingerprint density at radius 3 is 1.29 bits per heavy atom. The van der Waals surface area contributed by atoms with Crippen molar-refractivity contribution in [1.82, 2.24) is 0 Å². The molecule has 4 N–H and O–H groups in total. The third-order valence-corrected chi connectivity index (χ3v) is 0.224. The zero-order valence-corrected chi connectivity index (χ0v) is 7.10. The minimum atomic E-state index is 0. The van der Waals surface area contributed by atoms with Crippen LogP contribution < -0.4 is 0 Å². The molecule has 5 heteroatoms. The van der Waals surface area contributed by atoms with Gasteiger partial charge in [-0.25, -0.2) is 0 Å². The van der Waals surface area contributed by atoms with E-state index in [4.69, 9.17) is 3.57 Å². The van der Waals surface area contributed by atoms with Crippen LogP contribution in [-0.2, 0) is 21.8 Å². The first-order chi connectivity index (χ1) is 2.50. The van der Waals surface area contributed by atoms with Crippen LogP contribution in [-0.4, -0.2) is 13.1 Å². The molecular weight excluding hydrogens is 147 g/mol. The molecule has 0 amide bonds. The molecule has 0 aromatic heterocycles. The summed E-state index contributed by atoms with van der Waals surface area (Å²) in [5.74, 6) is 0. The summed E-state index contributed by atoms with van der Waals surface area (Å²) in [7, 11) is 0. The van der Waals surface area contributed by atoms with Crippen LogP contribution in [0.15, 0.2) is 0 Å². The second kappa shape index (κ2) is 16.2. The van der Waals surface area contributed by atoms with Gasteiger partial charge in [-0.2, -0.15) is 13.1 Å². The number of hydrogen-bond acceptors (Lipinski definition) is 1. The van der Waals surface area contributed by atoms with Gasteiger partial charge in [-0.15, -0.1) is 0 Å². The normalized spacial score (nSPS) is 11.1. The van der Waals surface area contributed by atoms with E-state index in [1.165, 1.54) is 0 Å². The van der Waals surface area contributed by atoms with Crippen LogP contribution in [0.25, 0.3) is 17.6 Å². The summed E-state index contributed by atoms with van der Waals surface area (Å²) in [5, 5.41) is 3.75. The van der Waals surface area contributed by atoms with E-state index in [0.717, 1.165) is 13.1 Å². The van der Waals surface area contributed by atoms with E-state index in [1.807, 2.05) is 0 Å². The fraction of sp³-hybridized carbons (Fsp3) is 1.00. The van der Waals surface area contributed by atoms with Crippen LogP contribution in [0.5, 0.6) is 0 Å². The molecule has 0 spiro atoms. The Bertz CT molecular complexity index is 24.1. The number of rotatable bonds is 0. The Balaban J connectivity index is -0.0000000380. The molecule has 0 saturated carbocycles. The van der Waals surface area contributed by atoms with Gasteiger partial charge in [-0.3, -0.25) is 0 Å². The van der Waals surface area contributed by atoms with Crippen molar-refractivity contribution < 1.29 is 21.8 Å². The van der Waals surface area contributed by atoms with E-state index in [9.17, 15) is 0 Å². The quantitative estimate of drug-likeness (QED) is 0.386. The first kappa shape index (κ1) is 15.7. The minimum absolute atomic E-state index is 0. The van der Waals surface area contributed by atoms with Crippen LogP contribution in [0.4, 0.5) is 0 Å². The molecule has 1 fully saturated rings. The summed E-state index contributed by atoms with van der Waals surface area (Å²) in [4.78, 5) is 0. The van der Waals surface area contributed by atoms with Crippen LogP contribution in [0.1, 0.15) is 0 Å². The molecule has 1 saturated heterocycles. The van der Waals surface area contributed by atoms with Gasteiger partial charge in [0.05, 0.1) is 0 Å². The fourth-order valence-corrected chi connectivity index (χ4v) is 0. The van der Waals surface area contributed by atoms with Crippen molar-refractivity contribution in [3.05, 3.63) is 17.6 Å². The van der Waals surface area contributed by atoms with Crippen molar-refractivity contribution in [2.24, 2.45) is 0 Å². The first-order valence-electron chi connectivity index (χ1n) is 1.42. The molecule has 0 radical (unpaired) electrons. The molecule has 42 valence electrons. The van der Waals surface area contributed by atoms with Crippen LogP contribution in [0, 0.1) is 0 Å². The molecule has 7 heavy (non-hydrogen) atoms. The van der Waals surface area contributed by atoms with Crippen LogP contribution in [0.3, 0.4) is 0 Å². The summed E-state index contributed by atoms with van der Waals surface area (Å²) in [6, 6.07) is 0. The zero-order chi connectivity index (χ0) is 4.12. The van der Waals surface area contributed by atoms with E-state index in [1.54, 1.807) is 0 Å². The molecule has 0 aromatic rings. The number of nitrogens with two attached hydrogens (primary N) is 2. The summed E-state index contributed by atoms with van der Waals surface area (Å²) < 4.78 is 8.38. The van der Waals surface area contributed by atoms with E-state index in [0.29, 0.717) is 0 Å². The van der Waals surface area contributed by atoms with E-state index in [2.05, 4.69) is 5.32 Å². The van der Waals surface area contributed by atoms with Gasteiger partial charge < -0.3 is 17.6 Å². The fourth-order valence-electron chi connectivity index (χ4n) is 0. The Morgan fingerprint density at radius 2 is 1.29 bits per heavy atom. The van der Waals surface area contributed by atoms with Gasteiger partial charge in [0.15, 0.2) is 0 Å². The first-order valence-corrected chi connectivity index (χ1v) is 2.63. The van der Waals surface area contributed by atoms with E-state index in [-0.39, 0.29) is 30.6 Å². The van der Waals surface area contributed by atoms with E-state index < -0.39 is 0 Å². The molecule has 0 bridgehead atoms. The van der Waals surface area contributed by atoms with Gasteiger partial charge in [0.2, 0.25) is 0 Å². The second-order valence-electron chi connectivity index (χ2n) is 0.671.